The van der Waals surface area contributed by atoms with Crippen molar-refractivity contribution in [3.63, 3.8) is 0 Å². The average molecular weight is 686 g/mol. The predicted octanol–water partition coefficient (Wildman–Crippen LogP) is 6.77. The molecule has 3 aliphatic rings. The van der Waals surface area contributed by atoms with Gasteiger partial charge in [0.05, 0.1) is 17.5 Å². The quantitative estimate of drug-likeness (QED) is 0.105. The van der Waals surface area contributed by atoms with Crippen LogP contribution in [-0.4, -0.2) is 77.6 Å². The Hall–Kier alpha value is -4.29. The van der Waals surface area contributed by atoms with Crippen molar-refractivity contribution in [1.82, 2.24) is 19.5 Å². The Morgan fingerprint density at radius 3 is 2.59 bits per heavy atom. The van der Waals surface area contributed by atoms with E-state index in [1.54, 1.807) is 16.6 Å². The van der Waals surface area contributed by atoms with Crippen LogP contribution in [0.4, 0.5) is 10.1 Å². The SMILES string of the molecule is C[C@@H]1c2ccccc2CCN1C(=O)c1cc(C2CC2)n2nc(-c3c(F)cc(N4CCC(C(=O)O)C4)cc3OCOCC[Si](C)(C)C)cc2n1. The van der Waals surface area contributed by atoms with E-state index in [-0.39, 0.29) is 36.0 Å². The molecule has 0 bridgehead atoms. The minimum atomic E-state index is -1.32. The summed E-state index contributed by atoms with van der Waals surface area (Å²) in [6.45, 7) is 10.8. The molecule has 0 spiro atoms. The number of carboxylic acid groups (broad SMARTS) is 1. The molecule has 12 heteroatoms. The maximum atomic E-state index is 16.3. The van der Waals surface area contributed by atoms with E-state index in [0.29, 0.717) is 55.4 Å². The summed E-state index contributed by atoms with van der Waals surface area (Å²) in [7, 11) is -1.32. The fraction of sp³-hybridized carbons (Fsp3) is 0.459. The molecule has 2 aliphatic heterocycles. The minimum Gasteiger partial charge on any atom is -0.481 e. The fourth-order valence-electron chi connectivity index (χ4n) is 6.95. The van der Waals surface area contributed by atoms with Gasteiger partial charge in [-0.15, -0.1) is 0 Å². The standard InChI is InChI=1S/C37H44FN5O5Si/c1-23-28-8-6-5-7-24(28)12-14-42(23)36(44)31-19-32(25-9-10-25)43-34(39-31)20-30(40-43)35-29(38)17-27(41-13-11-26(21-41)37(45)46)18-33(35)48-22-47-15-16-49(2,3)4/h5-8,17-20,23,25-26H,9-16,21-22H2,1-4H3,(H,45,46)/t23-,26?/m1/s1. The van der Waals surface area contributed by atoms with Crippen LogP contribution in [0, 0.1) is 11.7 Å². The maximum Gasteiger partial charge on any atom is 0.308 e. The molecular formula is C37H44FN5O5Si. The van der Waals surface area contributed by atoms with Crippen LogP contribution in [0.15, 0.2) is 48.5 Å². The van der Waals surface area contributed by atoms with E-state index in [0.717, 1.165) is 36.6 Å². The molecule has 2 fully saturated rings. The molecule has 2 atom stereocenters. The van der Waals surface area contributed by atoms with E-state index >= 15 is 4.39 Å². The number of hydrogen-bond acceptors (Lipinski definition) is 7. The number of aromatic nitrogens is 3. The molecule has 1 saturated heterocycles. The second-order valence-electron chi connectivity index (χ2n) is 14.8. The van der Waals surface area contributed by atoms with Gasteiger partial charge in [-0.25, -0.2) is 13.9 Å². The van der Waals surface area contributed by atoms with Crippen molar-refractivity contribution in [2.45, 2.75) is 70.3 Å². The number of halogens is 1. The molecular weight excluding hydrogens is 642 g/mol. The number of anilines is 1. The Kier molecular flexibility index (Phi) is 8.95. The van der Waals surface area contributed by atoms with Crippen LogP contribution in [0.25, 0.3) is 16.9 Å². The Morgan fingerprint density at radius 2 is 1.86 bits per heavy atom. The van der Waals surface area contributed by atoms with Gasteiger partial charge in [-0.3, -0.25) is 9.59 Å². The molecule has 1 unspecified atom stereocenters. The molecule has 1 saturated carbocycles. The van der Waals surface area contributed by atoms with Crippen molar-refractivity contribution in [3.8, 4) is 17.0 Å². The van der Waals surface area contributed by atoms with Crippen molar-refractivity contribution in [2.75, 3.05) is 37.9 Å². The Balaban J connectivity index is 1.23. The van der Waals surface area contributed by atoms with Gasteiger partial charge in [0.1, 0.15) is 23.0 Å². The van der Waals surface area contributed by atoms with Crippen molar-refractivity contribution >= 4 is 31.3 Å². The van der Waals surface area contributed by atoms with E-state index in [4.69, 9.17) is 19.6 Å². The van der Waals surface area contributed by atoms with E-state index in [1.165, 1.54) is 11.6 Å². The minimum absolute atomic E-state index is 0.0626. The highest BCUT2D eigenvalue weighted by Crippen LogP contribution is 2.42. The molecule has 1 aliphatic carbocycles. The summed E-state index contributed by atoms with van der Waals surface area (Å²) in [6, 6.07) is 15.9. The average Bonchev–Trinajstić information content (AvgIpc) is 3.61. The highest BCUT2D eigenvalue weighted by Gasteiger charge is 2.34. The fourth-order valence-corrected chi connectivity index (χ4v) is 7.70. The van der Waals surface area contributed by atoms with Gasteiger partial charge in [-0.2, -0.15) is 5.10 Å². The monoisotopic (exact) mass is 685 g/mol. The third kappa shape index (κ3) is 6.93. The molecule has 4 aromatic rings. The Bertz CT molecular complexity index is 1900. The van der Waals surface area contributed by atoms with Crippen LogP contribution >= 0.6 is 0 Å². The van der Waals surface area contributed by atoms with E-state index in [9.17, 15) is 14.7 Å². The van der Waals surface area contributed by atoms with Crippen LogP contribution in [0.3, 0.4) is 0 Å². The number of nitrogens with zero attached hydrogens (tertiary/aromatic N) is 5. The number of hydrogen-bond donors (Lipinski definition) is 1. The molecule has 258 valence electrons. The highest BCUT2D eigenvalue weighted by molar-refractivity contribution is 6.76. The number of fused-ring (bicyclic) bond motifs is 2. The highest BCUT2D eigenvalue weighted by atomic mass is 28.3. The van der Waals surface area contributed by atoms with Gasteiger partial charge in [0.15, 0.2) is 12.4 Å². The van der Waals surface area contributed by atoms with Gasteiger partial charge < -0.3 is 24.4 Å². The van der Waals surface area contributed by atoms with Gasteiger partial charge in [0, 0.05) is 63.7 Å². The number of aliphatic carboxylic acids is 1. The Labute approximate surface area is 286 Å². The lowest BCUT2D eigenvalue weighted by atomic mass is 9.93. The summed E-state index contributed by atoms with van der Waals surface area (Å²) in [5.74, 6) is -1.54. The zero-order valence-electron chi connectivity index (χ0n) is 28.6. The number of carbonyl (C=O) groups is 2. The van der Waals surface area contributed by atoms with E-state index in [1.807, 2.05) is 28.0 Å². The molecule has 2 aromatic carbocycles. The van der Waals surface area contributed by atoms with Crippen molar-refractivity contribution in [1.29, 1.82) is 0 Å². The third-order valence-electron chi connectivity index (χ3n) is 10.0. The molecule has 1 amide bonds. The second-order valence-corrected chi connectivity index (χ2v) is 20.4. The summed E-state index contributed by atoms with van der Waals surface area (Å²) in [5, 5.41) is 14.4. The number of carboxylic acids is 1. The van der Waals surface area contributed by atoms with Crippen molar-refractivity contribution < 1.29 is 28.6 Å². The second kappa shape index (κ2) is 13.2. The molecule has 10 nitrogen and oxygen atoms in total. The Morgan fingerprint density at radius 1 is 1.06 bits per heavy atom. The summed E-state index contributed by atoms with van der Waals surface area (Å²) in [4.78, 5) is 34.2. The first-order valence-corrected chi connectivity index (χ1v) is 21.0. The molecule has 0 radical (unpaired) electrons. The molecule has 7 rings (SSSR count). The first-order valence-electron chi connectivity index (χ1n) is 17.3. The smallest absolute Gasteiger partial charge is 0.308 e. The van der Waals surface area contributed by atoms with E-state index in [2.05, 4.69) is 38.7 Å². The maximum absolute atomic E-state index is 16.3. The molecule has 1 N–H and O–H groups in total. The van der Waals surface area contributed by atoms with E-state index < -0.39 is 25.8 Å². The van der Waals surface area contributed by atoms with Gasteiger partial charge in [-0.1, -0.05) is 43.9 Å². The van der Waals surface area contributed by atoms with Gasteiger partial charge in [0.25, 0.3) is 5.91 Å². The number of amides is 1. The van der Waals surface area contributed by atoms with Crippen LogP contribution < -0.4 is 9.64 Å². The summed E-state index contributed by atoms with van der Waals surface area (Å²) in [5.41, 5.74) is 5.19. The number of carbonyl (C=O) groups excluding carboxylic acids is 1. The lowest BCUT2D eigenvalue weighted by Gasteiger charge is -2.35. The van der Waals surface area contributed by atoms with Crippen molar-refractivity contribution in [2.24, 2.45) is 5.92 Å². The van der Waals surface area contributed by atoms with Crippen LogP contribution in [0.2, 0.25) is 25.7 Å². The van der Waals surface area contributed by atoms with Crippen LogP contribution in [0.1, 0.15) is 65.5 Å². The predicted molar refractivity (Wildman–Crippen MR) is 188 cm³/mol. The lowest BCUT2D eigenvalue weighted by Crippen LogP contribution is -2.39. The number of ether oxygens (including phenoxy) is 2. The lowest BCUT2D eigenvalue weighted by molar-refractivity contribution is -0.140. The van der Waals surface area contributed by atoms with Crippen molar-refractivity contribution in [3.05, 3.63) is 76.9 Å². The zero-order valence-corrected chi connectivity index (χ0v) is 29.6. The molecule has 2 aromatic heterocycles. The normalized spacial score (nSPS) is 19.4. The number of rotatable bonds is 11. The van der Waals surface area contributed by atoms with Gasteiger partial charge >= 0.3 is 5.97 Å². The van der Waals surface area contributed by atoms with Crippen LogP contribution in [0.5, 0.6) is 5.75 Å². The summed E-state index contributed by atoms with van der Waals surface area (Å²) < 4.78 is 29.9. The van der Waals surface area contributed by atoms with Gasteiger partial charge in [0.2, 0.25) is 0 Å². The largest absolute Gasteiger partial charge is 0.481 e. The first kappa shape index (κ1) is 33.2. The molecule has 49 heavy (non-hydrogen) atoms. The zero-order chi connectivity index (χ0) is 34.4. The molecule has 4 heterocycles. The number of benzene rings is 2. The van der Waals surface area contributed by atoms with Crippen LogP contribution in [-0.2, 0) is 16.0 Å². The topological polar surface area (TPSA) is 110 Å². The summed E-state index contributed by atoms with van der Waals surface area (Å²) in [6.07, 6.45) is 3.24. The van der Waals surface area contributed by atoms with Gasteiger partial charge in [-0.05, 0) is 61.9 Å². The third-order valence-corrected chi connectivity index (χ3v) is 11.7. The first-order chi connectivity index (χ1) is 23.5. The summed E-state index contributed by atoms with van der Waals surface area (Å²) >= 11 is 0.